The maximum atomic E-state index is 12.9. The largest absolute Gasteiger partial charge is 0.375 e. The Morgan fingerprint density at radius 1 is 1.19 bits per heavy atom. The predicted molar refractivity (Wildman–Crippen MR) is 99.5 cm³/mol. The summed E-state index contributed by atoms with van der Waals surface area (Å²) in [5.41, 5.74) is 2.25. The van der Waals surface area contributed by atoms with Gasteiger partial charge in [0, 0.05) is 31.1 Å². The standard InChI is InChI=1S/C20H23N3O4/c1-3-8-27-14-10-22(11-14)13-5-6-15-16(9-13)20(26)23(19(15)25)17-7-4-12(2)21-18(17)24/h5-6,9,14,17H,2-4,7-8,10-11H2,1H3,(H,21,24). The second kappa shape index (κ2) is 6.81. The summed E-state index contributed by atoms with van der Waals surface area (Å²) in [5.74, 6) is -1.15. The van der Waals surface area contributed by atoms with E-state index in [1.165, 1.54) is 0 Å². The lowest BCUT2D eigenvalue weighted by Gasteiger charge is -2.40. The number of fused-ring (bicyclic) bond motifs is 1. The number of carbonyl (C=O) groups excluding carboxylic acids is 3. The van der Waals surface area contributed by atoms with E-state index in [2.05, 4.69) is 23.7 Å². The van der Waals surface area contributed by atoms with Gasteiger partial charge in [0.15, 0.2) is 0 Å². The molecule has 4 rings (SSSR count). The van der Waals surface area contributed by atoms with Crippen molar-refractivity contribution in [2.75, 3.05) is 24.6 Å². The lowest BCUT2D eigenvalue weighted by Crippen LogP contribution is -2.52. The molecule has 7 nitrogen and oxygen atoms in total. The number of piperidine rings is 1. The van der Waals surface area contributed by atoms with E-state index in [0.29, 0.717) is 29.7 Å². The molecule has 1 aromatic rings. The molecule has 1 atom stereocenters. The molecule has 7 heteroatoms. The molecule has 3 amide bonds. The number of ether oxygens (including phenoxy) is 1. The number of nitrogens with one attached hydrogen (secondary N) is 1. The first-order chi connectivity index (χ1) is 13.0. The second-order valence-electron chi connectivity index (χ2n) is 7.26. The number of benzene rings is 1. The normalized spacial score (nSPS) is 22.8. The highest BCUT2D eigenvalue weighted by Gasteiger charge is 2.44. The SMILES string of the molecule is C=C1CCC(N2C(=O)c3ccc(N4CC(OCCC)C4)cc3C2=O)C(=O)N1. The first-order valence-electron chi connectivity index (χ1n) is 9.36. The van der Waals surface area contributed by atoms with Gasteiger partial charge in [0.25, 0.3) is 11.8 Å². The molecule has 3 aliphatic heterocycles. The van der Waals surface area contributed by atoms with Crippen molar-refractivity contribution in [2.45, 2.75) is 38.3 Å². The minimum Gasteiger partial charge on any atom is -0.375 e. The summed E-state index contributed by atoms with van der Waals surface area (Å²) in [4.78, 5) is 41.1. The molecule has 142 valence electrons. The van der Waals surface area contributed by atoms with Gasteiger partial charge in [-0.2, -0.15) is 0 Å². The molecule has 0 radical (unpaired) electrons. The Morgan fingerprint density at radius 3 is 2.63 bits per heavy atom. The van der Waals surface area contributed by atoms with Crippen LogP contribution in [0.2, 0.25) is 0 Å². The lowest BCUT2D eigenvalue weighted by atomic mass is 10.0. The summed E-state index contributed by atoms with van der Waals surface area (Å²) in [5, 5.41) is 2.64. The first-order valence-corrected chi connectivity index (χ1v) is 9.36. The number of allylic oxidation sites excluding steroid dienone is 1. The number of carbonyl (C=O) groups is 3. The third-order valence-electron chi connectivity index (χ3n) is 5.31. The molecular weight excluding hydrogens is 346 g/mol. The maximum Gasteiger partial charge on any atom is 0.262 e. The summed E-state index contributed by atoms with van der Waals surface area (Å²) in [6.45, 7) is 8.12. The zero-order valence-corrected chi connectivity index (χ0v) is 15.4. The Balaban J connectivity index is 1.51. The quantitative estimate of drug-likeness (QED) is 0.799. The van der Waals surface area contributed by atoms with E-state index in [4.69, 9.17) is 4.74 Å². The molecule has 3 aliphatic rings. The Morgan fingerprint density at radius 2 is 1.93 bits per heavy atom. The third kappa shape index (κ3) is 3.02. The molecule has 27 heavy (non-hydrogen) atoms. The highest BCUT2D eigenvalue weighted by Crippen LogP contribution is 2.32. The van der Waals surface area contributed by atoms with Crippen molar-refractivity contribution in [3.05, 3.63) is 41.6 Å². The van der Waals surface area contributed by atoms with Crippen LogP contribution in [-0.4, -0.2) is 54.5 Å². The summed E-state index contributed by atoms with van der Waals surface area (Å²) >= 11 is 0. The maximum absolute atomic E-state index is 12.9. The molecule has 0 saturated carbocycles. The van der Waals surface area contributed by atoms with Crippen LogP contribution in [0.3, 0.4) is 0 Å². The number of hydrogen-bond acceptors (Lipinski definition) is 5. The van der Waals surface area contributed by atoms with Crippen molar-refractivity contribution in [3.63, 3.8) is 0 Å². The Hall–Kier alpha value is -2.67. The van der Waals surface area contributed by atoms with Crippen molar-refractivity contribution < 1.29 is 19.1 Å². The average molecular weight is 369 g/mol. The molecular formula is C20H23N3O4. The number of anilines is 1. The average Bonchev–Trinajstić information content (AvgIpc) is 2.85. The molecule has 0 aliphatic carbocycles. The minimum absolute atomic E-state index is 0.214. The van der Waals surface area contributed by atoms with Crippen molar-refractivity contribution >= 4 is 23.4 Å². The third-order valence-corrected chi connectivity index (χ3v) is 5.31. The number of imide groups is 1. The molecule has 1 N–H and O–H groups in total. The van der Waals surface area contributed by atoms with Gasteiger partial charge in [0.2, 0.25) is 5.91 Å². The summed E-state index contributed by atoms with van der Waals surface area (Å²) in [6.07, 6.45) is 2.17. The number of rotatable bonds is 5. The summed E-state index contributed by atoms with van der Waals surface area (Å²) in [7, 11) is 0. The van der Waals surface area contributed by atoms with Crippen LogP contribution in [0.15, 0.2) is 30.5 Å². The van der Waals surface area contributed by atoms with Crippen LogP contribution in [0.5, 0.6) is 0 Å². The van der Waals surface area contributed by atoms with Crippen LogP contribution >= 0.6 is 0 Å². The number of hydrogen-bond donors (Lipinski definition) is 1. The van der Waals surface area contributed by atoms with Gasteiger partial charge in [0.05, 0.1) is 17.2 Å². The van der Waals surface area contributed by atoms with Crippen molar-refractivity contribution in [2.24, 2.45) is 0 Å². The fourth-order valence-electron chi connectivity index (χ4n) is 3.77. The van der Waals surface area contributed by atoms with E-state index in [-0.39, 0.29) is 12.0 Å². The number of nitrogens with zero attached hydrogens (tertiary/aromatic N) is 2. The zero-order valence-electron chi connectivity index (χ0n) is 15.4. The fourth-order valence-corrected chi connectivity index (χ4v) is 3.77. The fraction of sp³-hybridized carbons (Fsp3) is 0.450. The van der Waals surface area contributed by atoms with Gasteiger partial charge in [-0.1, -0.05) is 13.5 Å². The van der Waals surface area contributed by atoms with E-state index < -0.39 is 17.9 Å². The summed E-state index contributed by atoms with van der Waals surface area (Å²) < 4.78 is 5.70. The van der Waals surface area contributed by atoms with Gasteiger partial charge in [0.1, 0.15) is 6.04 Å². The van der Waals surface area contributed by atoms with Crippen molar-refractivity contribution in [1.82, 2.24) is 10.2 Å². The van der Waals surface area contributed by atoms with Gasteiger partial charge in [-0.15, -0.1) is 0 Å². The van der Waals surface area contributed by atoms with Crippen molar-refractivity contribution in [3.8, 4) is 0 Å². The van der Waals surface area contributed by atoms with Gasteiger partial charge in [-0.25, -0.2) is 0 Å². The molecule has 0 bridgehead atoms. The van der Waals surface area contributed by atoms with Crippen LogP contribution in [-0.2, 0) is 9.53 Å². The van der Waals surface area contributed by atoms with Crippen LogP contribution in [0.1, 0.15) is 46.9 Å². The second-order valence-corrected chi connectivity index (χ2v) is 7.26. The summed E-state index contributed by atoms with van der Waals surface area (Å²) in [6, 6.07) is 4.52. The highest BCUT2D eigenvalue weighted by molar-refractivity contribution is 6.23. The molecule has 1 aromatic carbocycles. The Bertz CT molecular complexity index is 829. The first kappa shape index (κ1) is 17.7. The molecule has 0 spiro atoms. The van der Waals surface area contributed by atoms with Crippen LogP contribution in [0, 0.1) is 0 Å². The monoisotopic (exact) mass is 369 g/mol. The van der Waals surface area contributed by atoms with E-state index in [1.807, 2.05) is 6.07 Å². The predicted octanol–water partition coefficient (Wildman–Crippen LogP) is 1.69. The van der Waals surface area contributed by atoms with Crippen LogP contribution < -0.4 is 10.2 Å². The van der Waals surface area contributed by atoms with Crippen LogP contribution in [0.4, 0.5) is 5.69 Å². The van der Waals surface area contributed by atoms with Crippen LogP contribution in [0.25, 0.3) is 0 Å². The molecule has 3 heterocycles. The molecule has 2 saturated heterocycles. The lowest BCUT2D eigenvalue weighted by molar-refractivity contribution is -0.125. The van der Waals surface area contributed by atoms with E-state index in [9.17, 15) is 14.4 Å². The van der Waals surface area contributed by atoms with Gasteiger partial charge >= 0.3 is 0 Å². The number of amides is 3. The van der Waals surface area contributed by atoms with E-state index in [0.717, 1.165) is 36.7 Å². The zero-order chi connectivity index (χ0) is 19.1. The molecule has 1 unspecified atom stereocenters. The van der Waals surface area contributed by atoms with Gasteiger partial charge in [-0.3, -0.25) is 19.3 Å². The van der Waals surface area contributed by atoms with Crippen molar-refractivity contribution in [1.29, 1.82) is 0 Å². The van der Waals surface area contributed by atoms with E-state index in [1.54, 1.807) is 12.1 Å². The smallest absolute Gasteiger partial charge is 0.262 e. The van der Waals surface area contributed by atoms with E-state index >= 15 is 0 Å². The molecule has 2 fully saturated rings. The Kier molecular flexibility index (Phi) is 4.47. The minimum atomic E-state index is -0.776. The van der Waals surface area contributed by atoms with Gasteiger partial charge in [-0.05, 0) is 37.5 Å². The topological polar surface area (TPSA) is 79.0 Å². The molecule has 0 aromatic heterocycles. The van der Waals surface area contributed by atoms with Gasteiger partial charge < -0.3 is 15.0 Å². The highest BCUT2D eigenvalue weighted by atomic mass is 16.5. The Labute approximate surface area is 158 Å².